The Balaban J connectivity index is 2.72. The Morgan fingerprint density at radius 2 is 2.00 bits per heavy atom. The summed E-state index contributed by atoms with van der Waals surface area (Å²) >= 11 is 0. The number of aryl methyl sites for hydroxylation is 1. The smallest absolute Gasteiger partial charge is 0.330 e. The monoisotopic (exact) mass is 293 g/mol. The Labute approximate surface area is 125 Å². The highest BCUT2D eigenvalue weighted by Gasteiger charge is 2.23. The van der Waals surface area contributed by atoms with Crippen LogP contribution in [0.3, 0.4) is 0 Å². The predicted molar refractivity (Wildman–Crippen MR) is 80.2 cm³/mol. The molecular formula is C16H23NO4. The van der Waals surface area contributed by atoms with Crippen LogP contribution in [-0.4, -0.2) is 30.7 Å². The van der Waals surface area contributed by atoms with Gasteiger partial charge in [-0.15, -0.1) is 0 Å². The number of benzene rings is 1. The molecule has 1 aromatic rings. The van der Waals surface area contributed by atoms with E-state index in [1.807, 2.05) is 19.9 Å². The van der Waals surface area contributed by atoms with E-state index in [1.165, 1.54) is 0 Å². The molecule has 1 rings (SSSR count). The molecule has 5 nitrogen and oxygen atoms in total. The largest absolute Gasteiger partial charge is 0.479 e. The third-order valence-corrected chi connectivity index (χ3v) is 3.51. The van der Waals surface area contributed by atoms with Crippen LogP contribution in [-0.2, 0) is 14.3 Å². The maximum Gasteiger partial charge on any atom is 0.330 e. The molecule has 0 aromatic heterocycles. The zero-order valence-corrected chi connectivity index (χ0v) is 12.8. The van der Waals surface area contributed by atoms with E-state index < -0.39 is 12.0 Å². The molecule has 0 spiro atoms. The van der Waals surface area contributed by atoms with Gasteiger partial charge in [0.25, 0.3) is 0 Å². The SMILES string of the molecule is COCCCCC(=O)NC(C(=O)O)c1cccc(C)c1C. The molecule has 21 heavy (non-hydrogen) atoms. The molecule has 0 fully saturated rings. The molecule has 0 heterocycles. The second-order valence-electron chi connectivity index (χ2n) is 5.08. The number of aliphatic carboxylic acids is 1. The van der Waals surface area contributed by atoms with Crippen molar-refractivity contribution >= 4 is 11.9 Å². The first-order chi connectivity index (χ1) is 9.97. The molecule has 2 N–H and O–H groups in total. The van der Waals surface area contributed by atoms with Crippen molar-refractivity contribution in [3.8, 4) is 0 Å². The minimum absolute atomic E-state index is 0.251. The highest BCUT2D eigenvalue weighted by Crippen LogP contribution is 2.21. The Morgan fingerprint density at radius 3 is 2.62 bits per heavy atom. The minimum atomic E-state index is -1.05. The van der Waals surface area contributed by atoms with Crippen LogP contribution in [0.4, 0.5) is 0 Å². The van der Waals surface area contributed by atoms with Crippen molar-refractivity contribution in [3.05, 3.63) is 34.9 Å². The van der Waals surface area contributed by atoms with Crippen LogP contribution in [0.2, 0.25) is 0 Å². The Hall–Kier alpha value is -1.88. The van der Waals surface area contributed by atoms with Gasteiger partial charge >= 0.3 is 5.97 Å². The average molecular weight is 293 g/mol. The second-order valence-corrected chi connectivity index (χ2v) is 5.08. The van der Waals surface area contributed by atoms with E-state index in [2.05, 4.69) is 5.32 Å². The fraction of sp³-hybridized carbons (Fsp3) is 0.500. The van der Waals surface area contributed by atoms with Crippen molar-refractivity contribution in [3.63, 3.8) is 0 Å². The van der Waals surface area contributed by atoms with Crippen LogP contribution in [0.1, 0.15) is 42.0 Å². The Kier molecular flexibility index (Phi) is 6.88. The van der Waals surface area contributed by atoms with Crippen molar-refractivity contribution in [2.45, 2.75) is 39.2 Å². The van der Waals surface area contributed by atoms with E-state index in [9.17, 15) is 14.7 Å². The topological polar surface area (TPSA) is 75.6 Å². The quantitative estimate of drug-likeness (QED) is 0.721. The first-order valence-corrected chi connectivity index (χ1v) is 7.04. The van der Waals surface area contributed by atoms with Crippen LogP contribution < -0.4 is 5.32 Å². The van der Waals surface area contributed by atoms with Gasteiger partial charge in [0, 0.05) is 20.1 Å². The lowest BCUT2D eigenvalue weighted by atomic mass is 9.97. The van der Waals surface area contributed by atoms with Crippen LogP contribution in [0.5, 0.6) is 0 Å². The number of hydrogen-bond acceptors (Lipinski definition) is 3. The van der Waals surface area contributed by atoms with E-state index in [0.717, 1.165) is 17.5 Å². The van der Waals surface area contributed by atoms with Crippen molar-refractivity contribution < 1.29 is 19.4 Å². The lowest BCUT2D eigenvalue weighted by Gasteiger charge is -2.18. The van der Waals surface area contributed by atoms with Crippen LogP contribution in [0.25, 0.3) is 0 Å². The van der Waals surface area contributed by atoms with Gasteiger partial charge in [0.05, 0.1) is 0 Å². The number of amides is 1. The summed E-state index contributed by atoms with van der Waals surface area (Å²) in [4.78, 5) is 23.3. The first kappa shape index (κ1) is 17.2. The Morgan fingerprint density at radius 1 is 1.29 bits per heavy atom. The van der Waals surface area contributed by atoms with Gasteiger partial charge in [-0.05, 0) is 43.4 Å². The van der Waals surface area contributed by atoms with Crippen LogP contribution in [0, 0.1) is 13.8 Å². The summed E-state index contributed by atoms with van der Waals surface area (Å²) in [6.45, 7) is 4.39. The lowest BCUT2D eigenvalue weighted by molar-refractivity contribution is -0.142. The van der Waals surface area contributed by atoms with Gasteiger partial charge in [-0.3, -0.25) is 4.79 Å². The van der Waals surface area contributed by atoms with Crippen molar-refractivity contribution in [1.82, 2.24) is 5.32 Å². The standard InChI is InChI=1S/C16H23NO4/c1-11-7-6-8-13(12(11)2)15(16(19)20)17-14(18)9-4-5-10-21-3/h6-8,15H,4-5,9-10H2,1-3H3,(H,17,18)(H,19,20). The first-order valence-electron chi connectivity index (χ1n) is 7.04. The third kappa shape index (κ3) is 5.19. The van der Waals surface area contributed by atoms with E-state index in [-0.39, 0.29) is 5.91 Å². The Bertz CT molecular complexity index is 499. The fourth-order valence-electron chi connectivity index (χ4n) is 2.12. The van der Waals surface area contributed by atoms with Crippen molar-refractivity contribution in [2.24, 2.45) is 0 Å². The molecule has 1 atom stereocenters. The maximum absolute atomic E-state index is 11.9. The molecule has 0 aliphatic heterocycles. The number of hydrogen-bond donors (Lipinski definition) is 2. The highest BCUT2D eigenvalue weighted by atomic mass is 16.5. The maximum atomic E-state index is 11.9. The number of ether oxygens (including phenoxy) is 1. The fourth-order valence-corrected chi connectivity index (χ4v) is 2.12. The average Bonchev–Trinajstić information content (AvgIpc) is 2.44. The van der Waals surface area contributed by atoms with Gasteiger partial charge in [0.15, 0.2) is 6.04 Å². The zero-order valence-electron chi connectivity index (χ0n) is 12.8. The molecule has 0 saturated heterocycles. The highest BCUT2D eigenvalue weighted by molar-refractivity contribution is 5.84. The minimum Gasteiger partial charge on any atom is -0.479 e. The molecule has 0 aliphatic rings. The number of carbonyl (C=O) groups is 2. The van der Waals surface area contributed by atoms with E-state index in [0.29, 0.717) is 25.0 Å². The van der Waals surface area contributed by atoms with E-state index in [1.54, 1.807) is 19.2 Å². The van der Waals surface area contributed by atoms with Crippen molar-refractivity contribution in [2.75, 3.05) is 13.7 Å². The molecule has 1 aromatic carbocycles. The van der Waals surface area contributed by atoms with Crippen LogP contribution >= 0.6 is 0 Å². The molecular weight excluding hydrogens is 270 g/mol. The number of rotatable bonds is 8. The molecule has 0 bridgehead atoms. The third-order valence-electron chi connectivity index (χ3n) is 3.51. The van der Waals surface area contributed by atoms with Gasteiger partial charge < -0.3 is 15.2 Å². The van der Waals surface area contributed by atoms with Gasteiger partial charge in [-0.25, -0.2) is 4.79 Å². The summed E-state index contributed by atoms with van der Waals surface area (Å²) in [7, 11) is 1.61. The molecule has 1 amide bonds. The number of unbranched alkanes of at least 4 members (excludes halogenated alkanes) is 1. The van der Waals surface area contributed by atoms with Gasteiger partial charge in [0.2, 0.25) is 5.91 Å². The number of methoxy groups -OCH3 is 1. The van der Waals surface area contributed by atoms with E-state index in [4.69, 9.17) is 4.74 Å². The van der Waals surface area contributed by atoms with Gasteiger partial charge in [-0.2, -0.15) is 0 Å². The van der Waals surface area contributed by atoms with Gasteiger partial charge in [0.1, 0.15) is 0 Å². The van der Waals surface area contributed by atoms with Crippen molar-refractivity contribution in [1.29, 1.82) is 0 Å². The molecule has 1 unspecified atom stereocenters. The summed E-state index contributed by atoms with van der Waals surface area (Å²) in [6, 6.07) is 4.47. The number of nitrogens with one attached hydrogen (secondary N) is 1. The molecule has 0 radical (unpaired) electrons. The summed E-state index contributed by atoms with van der Waals surface area (Å²) < 4.78 is 4.92. The molecule has 116 valence electrons. The number of carboxylic acid groups (broad SMARTS) is 1. The number of carboxylic acids is 1. The summed E-state index contributed by atoms with van der Waals surface area (Å²) in [6.07, 6.45) is 1.77. The summed E-state index contributed by atoms with van der Waals surface area (Å²) in [5.41, 5.74) is 2.53. The van der Waals surface area contributed by atoms with E-state index >= 15 is 0 Å². The lowest BCUT2D eigenvalue weighted by Crippen LogP contribution is -2.34. The molecule has 5 heteroatoms. The normalized spacial score (nSPS) is 12.0. The van der Waals surface area contributed by atoms with Gasteiger partial charge in [-0.1, -0.05) is 18.2 Å². The molecule has 0 aliphatic carbocycles. The zero-order chi connectivity index (χ0) is 15.8. The molecule has 0 saturated carbocycles. The number of carbonyl (C=O) groups excluding carboxylic acids is 1. The summed E-state index contributed by atoms with van der Waals surface area (Å²) in [5, 5.41) is 12.0. The predicted octanol–water partition coefficient (Wildman–Crippen LogP) is 2.36. The second kappa shape index (κ2) is 8.42. The van der Waals surface area contributed by atoms with Crippen LogP contribution in [0.15, 0.2) is 18.2 Å². The summed E-state index contributed by atoms with van der Waals surface area (Å²) in [5.74, 6) is -1.30.